The third-order valence-electron chi connectivity index (χ3n) is 7.51. The summed E-state index contributed by atoms with van der Waals surface area (Å²) in [5.74, 6) is 0.0878. The summed E-state index contributed by atoms with van der Waals surface area (Å²) < 4.78 is 40.2. The van der Waals surface area contributed by atoms with Gasteiger partial charge in [0.05, 0.1) is 12.7 Å². The third kappa shape index (κ3) is 5.84. The second-order valence-corrected chi connectivity index (χ2v) is 9.62. The van der Waals surface area contributed by atoms with E-state index in [1.54, 1.807) is 13.0 Å². The first kappa shape index (κ1) is 23.9. The van der Waals surface area contributed by atoms with E-state index in [-0.39, 0.29) is 11.3 Å². The molecule has 0 bridgehead atoms. The van der Waals surface area contributed by atoms with E-state index in [2.05, 4.69) is 24.8 Å². The first-order valence-electron chi connectivity index (χ1n) is 12.5. The maximum atomic E-state index is 14.5. The van der Waals surface area contributed by atoms with Gasteiger partial charge >= 0.3 is 0 Å². The smallest absolute Gasteiger partial charge is 0.201 e. The summed E-state index contributed by atoms with van der Waals surface area (Å²) >= 11 is 0. The van der Waals surface area contributed by atoms with E-state index >= 15 is 0 Å². The third-order valence-corrected chi connectivity index (χ3v) is 7.51. The first-order valence-corrected chi connectivity index (χ1v) is 12.5. The normalized spacial score (nSPS) is 25.5. The molecule has 2 saturated carbocycles. The van der Waals surface area contributed by atoms with Crippen LogP contribution in [0.5, 0.6) is 5.75 Å². The number of halogens is 2. The number of hydrogen-bond donors (Lipinski definition) is 0. The average molecular weight is 455 g/mol. The lowest BCUT2D eigenvalue weighted by Crippen LogP contribution is -2.25. The van der Waals surface area contributed by atoms with Gasteiger partial charge < -0.3 is 9.47 Å². The van der Waals surface area contributed by atoms with E-state index in [9.17, 15) is 8.78 Å². The Morgan fingerprint density at radius 1 is 0.879 bits per heavy atom. The topological polar surface area (TPSA) is 18.5 Å². The molecular weight excluding hydrogens is 418 g/mol. The molecule has 0 amide bonds. The predicted octanol–water partition coefficient (Wildman–Crippen LogP) is 8.07. The van der Waals surface area contributed by atoms with Crippen LogP contribution in [-0.4, -0.2) is 19.3 Å². The second kappa shape index (κ2) is 11.3. The quantitative estimate of drug-likeness (QED) is 0.376. The molecule has 0 radical (unpaired) electrons. The molecule has 0 aliphatic heterocycles. The fourth-order valence-electron chi connectivity index (χ4n) is 5.38. The molecule has 2 nitrogen and oxygen atoms in total. The monoisotopic (exact) mass is 454 g/mol. The predicted molar refractivity (Wildman–Crippen MR) is 130 cm³/mol. The molecule has 2 aromatic rings. The van der Waals surface area contributed by atoms with Crippen LogP contribution in [-0.2, 0) is 4.74 Å². The summed E-state index contributed by atoms with van der Waals surface area (Å²) in [6.07, 6.45) is 11.9. The van der Waals surface area contributed by atoms with Crippen LogP contribution in [0, 0.1) is 23.5 Å². The highest BCUT2D eigenvalue weighted by Gasteiger charge is 2.25. The van der Waals surface area contributed by atoms with E-state index in [0.29, 0.717) is 36.0 Å². The maximum absolute atomic E-state index is 14.5. The van der Waals surface area contributed by atoms with Crippen LogP contribution in [0.15, 0.2) is 49.1 Å². The standard InChI is InChI=1S/C29H36F2O2/c1-3-20-5-7-21(8-6-20)19-33-25-15-13-23(14-16-25)22-9-11-24(12-10-22)26-17-18-27(32-4-2)29(31)28(26)30/h3,9-12,17-18,20-21,23,25H,1,4-8,13-16,19H2,2H3. The lowest BCUT2D eigenvalue weighted by atomic mass is 9.81. The van der Waals surface area contributed by atoms with Crippen LogP contribution in [0.25, 0.3) is 11.1 Å². The molecule has 0 spiro atoms. The summed E-state index contributed by atoms with van der Waals surface area (Å²) in [4.78, 5) is 0. The molecule has 0 N–H and O–H groups in total. The number of allylic oxidation sites excluding steroid dienone is 1. The Bertz CT molecular complexity index is 908. The average Bonchev–Trinajstić information content (AvgIpc) is 2.87. The lowest BCUT2D eigenvalue weighted by Gasteiger charge is -2.32. The van der Waals surface area contributed by atoms with Crippen LogP contribution in [0.4, 0.5) is 8.78 Å². The van der Waals surface area contributed by atoms with Crippen molar-refractivity contribution in [2.45, 2.75) is 70.3 Å². The van der Waals surface area contributed by atoms with Gasteiger partial charge in [-0.05, 0) is 99.3 Å². The van der Waals surface area contributed by atoms with Crippen molar-refractivity contribution in [1.29, 1.82) is 0 Å². The minimum Gasteiger partial charge on any atom is -0.491 e. The Labute approximate surface area is 197 Å². The molecule has 2 aliphatic rings. The molecule has 2 aliphatic carbocycles. The summed E-state index contributed by atoms with van der Waals surface area (Å²) in [6, 6.07) is 11.0. The van der Waals surface area contributed by atoms with Gasteiger partial charge in [-0.15, -0.1) is 6.58 Å². The highest BCUT2D eigenvalue weighted by Crippen LogP contribution is 2.37. The van der Waals surface area contributed by atoms with Crippen LogP contribution < -0.4 is 4.74 Å². The van der Waals surface area contributed by atoms with Crippen molar-refractivity contribution in [3.63, 3.8) is 0 Å². The van der Waals surface area contributed by atoms with E-state index in [1.165, 1.54) is 37.3 Å². The van der Waals surface area contributed by atoms with Gasteiger partial charge in [-0.2, -0.15) is 4.39 Å². The molecule has 2 fully saturated rings. The minimum absolute atomic E-state index is 0.0428. The second-order valence-electron chi connectivity index (χ2n) is 9.62. The largest absolute Gasteiger partial charge is 0.491 e. The van der Waals surface area contributed by atoms with E-state index in [0.717, 1.165) is 32.3 Å². The van der Waals surface area contributed by atoms with Gasteiger partial charge in [0, 0.05) is 12.2 Å². The fraction of sp³-hybridized carbons (Fsp3) is 0.517. The number of hydrogen-bond acceptors (Lipinski definition) is 2. The van der Waals surface area contributed by atoms with Gasteiger partial charge in [0.1, 0.15) is 0 Å². The summed E-state index contributed by atoms with van der Waals surface area (Å²) in [7, 11) is 0. The Balaban J connectivity index is 1.28. The van der Waals surface area contributed by atoms with E-state index in [1.807, 2.05) is 12.1 Å². The Hall–Kier alpha value is -2.20. The zero-order chi connectivity index (χ0) is 23.2. The van der Waals surface area contributed by atoms with Crippen molar-refractivity contribution in [2.24, 2.45) is 11.8 Å². The molecule has 33 heavy (non-hydrogen) atoms. The van der Waals surface area contributed by atoms with Crippen molar-refractivity contribution in [3.05, 3.63) is 66.3 Å². The number of rotatable bonds is 8. The maximum Gasteiger partial charge on any atom is 0.201 e. The molecule has 0 heterocycles. The molecule has 4 rings (SSSR count). The van der Waals surface area contributed by atoms with Gasteiger partial charge in [-0.1, -0.05) is 30.3 Å². The van der Waals surface area contributed by atoms with Gasteiger partial charge in [0.15, 0.2) is 11.6 Å². The zero-order valence-corrected chi connectivity index (χ0v) is 19.7. The van der Waals surface area contributed by atoms with Gasteiger partial charge in [0.25, 0.3) is 0 Å². The molecule has 0 unspecified atom stereocenters. The molecule has 4 heteroatoms. The summed E-state index contributed by atoms with van der Waals surface area (Å²) in [5, 5.41) is 0. The molecule has 0 aromatic heterocycles. The molecule has 2 aromatic carbocycles. The highest BCUT2D eigenvalue weighted by molar-refractivity contribution is 5.65. The van der Waals surface area contributed by atoms with E-state index < -0.39 is 11.6 Å². The Morgan fingerprint density at radius 2 is 1.58 bits per heavy atom. The van der Waals surface area contributed by atoms with Crippen molar-refractivity contribution in [3.8, 4) is 16.9 Å². The van der Waals surface area contributed by atoms with Crippen molar-refractivity contribution in [2.75, 3.05) is 13.2 Å². The lowest BCUT2D eigenvalue weighted by molar-refractivity contribution is -0.00336. The van der Waals surface area contributed by atoms with Gasteiger partial charge in [-0.25, -0.2) is 4.39 Å². The van der Waals surface area contributed by atoms with Crippen LogP contribution in [0.2, 0.25) is 0 Å². The molecule has 178 valence electrons. The van der Waals surface area contributed by atoms with E-state index in [4.69, 9.17) is 9.47 Å². The summed E-state index contributed by atoms with van der Waals surface area (Å²) in [5.41, 5.74) is 2.22. The van der Waals surface area contributed by atoms with Gasteiger partial charge in [-0.3, -0.25) is 0 Å². The van der Waals surface area contributed by atoms with Gasteiger partial charge in [0.2, 0.25) is 5.82 Å². The van der Waals surface area contributed by atoms with Crippen molar-refractivity contribution in [1.82, 2.24) is 0 Å². The van der Waals surface area contributed by atoms with Crippen LogP contribution in [0.1, 0.15) is 69.8 Å². The molecule has 0 atom stereocenters. The SMILES string of the molecule is C=CC1CCC(COC2CCC(c3ccc(-c4ccc(OCC)c(F)c4F)cc3)CC2)CC1. The zero-order valence-electron chi connectivity index (χ0n) is 19.7. The first-order chi connectivity index (χ1) is 16.1. The summed E-state index contributed by atoms with van der Waals surface area (Å²) in [6.45, 7) is 6.88. The van der Waals surface area contributed by atoms with Crippen molar-refractivity contribution < 1.29 is 18.3 Å². The molecule has 0 saturated heterocycles. The Kier molecular flexibility index (Phi) is 8.19. The fourth-order valence-corrected chi connectivity index (χ4v) is 5.38. The number of ether oxygens (including phenoxy) is 2. The van der Waals surface area contributed by atoms with Crippen molar-refractivity contribution >= 4 is 0 Å². The minimum atomic E-state index is -0.925. The Morgan fingerprint density at radius 3 is 2.21 bits per heavy atom. The van der Waals surface area contributed by atoms with Crippen LogP contribution >= 0.6 is 0 Å². The number of benzene rings is 2. The van der Waals surface area contributed by atoms with Crippen LogP contribution in [0.3, 0.4) is 0 Å². The highest BCUT2D eigenvalue weighted by atomic mass is 19.2. The molecular formula is C29H36F2O2.